The topological polar surface area (TPSA) is 0 Å². The van der Waals surface area contributed by atoms with Crippen LogP contribution < -0.4 is 58.2 Å². The average molecular weight is 371 g/mol. The second-order valence-corrected chi connectivity index (χ2v) is 6.10. The molecule has 3 heteroatoms. The fraction of sp³-hybridized carbons (Fsp3) is 0.368. The quantitative estimate of drug-likeness (QED) is 0.713. The molecule has 0 amide bonds. The number of halogens is 2. The molecule has 1 aliphatic rings. The summed E-state index contributed by atoms with van der Waals surface area (Å²) in [5.41, 5.74) is 2.33. The first-order valence-corrected chi connectivity index (χ1v) is 7.61. The molecule has 0 nitrogen and oxygen atoms in total. The largest absolute Gasteiger partial charge is 1.00 e. The third kappa shape index (κ3) is 4.14. The summed E-state index contributed by atoms with van der Waals surface area (Å²) in [4.78, 5) is 0. The van der Waals surface area contributed by atoms with Crippen molar-refractivity contribution in [2.45, 2.75) is 38.5 Å². The van der Waals surface area contributed by atoms with Gasteiger partial charge in [-0.1, -0.05) is 49.6 Å². The molecule has 2 aromatic carbocycles. The molecular formula is C19H19F2Rb. The zero-order valence-corrected chi connectivity index (χ0v) is 18.1. The van der Waals surface area contributed by atoms with Crippen LogP contribution in [-0.2, 0) is 0 Å². The number of benzene rings is 2. The number of rotatable bonds is 2. The molecule has 110 valence electrons. The van der Waals surface area contributed by atoms with Gasteiger partial charge < -0.3 is 0 Å². The molecule has 0 spiro atoms. The summed E-state index contributed by atoms with van der Waals surface area (Å²) in [6, 6.07) is 13.1. The fourth-order valence-electron chi connectivity index (χ4n) is 3.20. The van der Waals surface area contributed by atoms with Crippen LogP contribution in [0.3, 0.4) is 0 Å². The van der Waals surface area contributed by atoms with Crippen LogP contribution in [0.5, 0.6) is 0 Å². The summed E-state index contributed by atoms with van der Waals surface area (Å²) in [6.45, 7) is 2.31. The standard InChI is InChI=1S/C19H19F2.Rb/c1-13-5-7-14(8-6-13)15-9-11-16(12-10-15)17-3-2-4-18(20)19(17)21;/h2-3,9-14H,5-8H2,1H3;/q-1;+1. The van der Waals surface area contributed by atoms with Crippen LogP contribution in [0.25, 0.3) is 11.1 Å². The van der Waals surface area contributed by atoms with Crippen LogP contribution in [0.4, 0.5) is 8.78 Å². The molecule has 2 aromatic rings. The van der Waals surface area contributed by atoms with Gasteiger partial charge in [-0.15, -0.1) is 6.07 Å². The van der Waals surface area contributed by atoms with Crippen molar-refractivity contribution >= 4 is 0 Å². The summed E-state index contributed by atoms with van der Waals surface area (Å²) in [6.07, 6.45) is 5.01. The first-order chi connectivity index (χ1) is 10.1. The zero-order chi connectivity index (χ0) is 14.8. The summed E-state index contributed by atoms with van der Waals surface area (Å²) in [7, 11) is 0. The minimum Gasteiger partial charge on any atom is -0.281 e. The molecule has 0 saturated heterocycles. The van der Waals surface area contributed by atoms with Crippen molar-refractivity contribution in [3.63, 3.8) is 0 Å². The van der Waals surface area contributed by atoms with Gasteiger partial charge in [0.2, 0.25) is 0 Å². The van der Waals surface area contributed by atoms with Crippen LogP contribution in [0, 0.1) is 23.6 Å². The predicted octanol–water partition coefficient (Wildman–Crippen LogP) is 2.73. The van der Waals surface area contributed by atoms with Crippen molar-refractivity contribution in [3.05, 3.63) is 59.7 Å². The Morgan fingerprint density at radius 3 is 2.23 bits per heavy atom. The smallest absolute Gasteiger partial charge is 0.281 e. The van der Waals surface area contributed by atoms with Crippen LogP contribution in [-0.4, -0.2) is 0 Å². The van der Waals surface area contributed by atoms with Gasteiger partial charge in [-0.05, 0) is 35.8 Å². The summed E-state index contributed by atoms with van der Waals surface area (Å²) >= 11 is 0. The van der Waals surface area contributed by atoms with E-state index in [0.29, 0.717) is 17.0 Å². The van der Waals surface area contributed by atoms with Crippen LogP contribution in [0.2, 0.25) is 0 Å². The summed E-state index contributed by atoms with van der Waals surface area (Å²) < 4.78 is 27.0. The van der Waals surface area contributed by atoms with Gasteiger partial charge >= 0.3 is 58.2 Å². The van der Waals surface area contributed by atoms with E-state index in [-0.39, 0.29) is 58.2 Å². The second kappa shape index (κ2) is 8.28. The van der Waals surface area contributed by atoms with Gasteiger partial charge in [0, 0.05) is 5.82 Å². The molecule has 0 bridgehead atoms. The van der Waals surface area contributed by atoms with E-state index in [0.717, 1.165) is 5.92 Å². The van der Waals surface area contributed by atoms with Crippen molar-refractivity contribution in [1.29, 1.82) is 0 Å². The summed E-state index contributed by atoms with van der Waals surface area (Å²) in [5, 5.41) is 0. The van der Waals surface area contributed by atoms with E-state index in [2.05, 4.69) is 25.1 Å². The van der Waals surface area contributed by atoms with E-state index >= 15 is 0 Å². The maximum absolute atomic E-state index is 13.8. The molecule has 0 aromatic heterocycles. The molecule has 1 saturated carbocycles. The van der Waals surface area contributed by atoms with Gasteiger partial charge in [-0.3, -0.25) is 4.39 Å². The van der Waals surface area contributed by atoms with Crippen molar-refractivity contribution in [2.75, 3.05) is 0 Å². The van der Waals surface area contributed by atoms with Gasteiger partial charge in [-0.25, -0.2) is 4.39 Å². The molecule has 0 radical (unpaired) electrons. The maximum Gasteiger partial charge on any atom is 1.00 e. The number of hydrogen-bond acceptors (Lipinski definition) is 0. The maximum atomic E-state index is 13.8. The molecule has 0 aliphatic heterocycles. The predicted molar refractivity (Wildman–Crippen MR) is 81.0 cm³/mol. The monoisotopic (exact) mass is 370 g/mol. The van der Waals surface area contributed by atoms with Crippen molar-refractivity contribution in [2.24, 2.45) is 5.92 Å². The Morgan fingerprint density at radius 1 is 0.955 bits per heavy atom. The average Bonchev–Trinajstić information content (AvgIpc) is 2.51. The van der Waals surface area contributed by atoms with E-state index in [1.807, 2.05) is 12.1 Å². The van der Waals surface area contributed by atoms with Crippen LogP contribution in [0.1, 0.15) is 44.1 Å². The Hall–Kier alpha value is 0.105. The van der Waals surface area contributed by atoms with E-state index in [4.69, 9.17) is 0 Å². The van der Waals surface area contributed by atoms with Crippen molar-refractivity contribution < 1.29 is 67.0 Å². The Morgan fingerprint density at radius 2 is 1.59 bits per heavy atom. The molecular weight excluding hydrogens is 352 g/mol. The Labute approximate surface area is 180 Å². The van der Waals surface area contributed by atoms with E-state index < -0.39 is 11.6 Å². The van der Waals surface area contributed by atoms with Gasteiger partial charge in [-0.2, -0.15) is 12.1 Å². The van der Waals surface area contributed by atoms with Gasteiger partial charge in [0.25, 0.3) is 0 Å². The van der Waals surface area contributed by atoms with E-state index in [1.54, 1.807) is 6.07 Å². The molecule has 0 heterocycles. The normalized spacial score (nSPS) is 21.2. The Balaban J connectivity index is 0.00000176. The molecule has 0 unspecified atom stereocenters. The summed E-state index contributed by atoms with van der Waals surface area (Å²) in [5.74, 6) is -0.298. The zero-order valence-electron chi connectivity index (χ0n) is 13.2. The Bertz CT molecular complexity index is 614. The van der Waals surface area contributed by atoms with Gasteiger partial charge in [0.1, 0.15) is 0 Å². The molecule has 1 fully saturated rings. The van der Waals surface area contributed by atoms with Crippen molar-refractivity contribution in [3.8, 4) is 11.1 Å². The van der Waals surface area contributed by atoms with Crippen LogP contribution >= 0.6 is 0 Å². The third-order valence-electron chi connectivity index (χ3n) is 4.60. The van der Waals surface area contributed by atoms with E-state index in [9.17, 15) is 8.78 Å². The first-order valence-electron chi connectivity index (χ1n) is 7.61. The Kier molecular flexibility index (Phi) is 6.94. The molecule has 0 N–H and O–H groups in total. The molecule has 3 rings (SSSR count). The first kappa shape index (κ1) is 18.4. The van der Waals surface area contributed by atoms with Gasteiger partial charge in [0.15, 0.2) is 0 Å². The van der Waals surface area contributed by atoms with E-state index in [1.165, 1.54) is 37.3 Å². The van der Waals surface area contributed by atoms with Crippen LogP contribution in [0.15, 0.2) is 36.4 Å². The fourth-order valence-corrected chi connectivity index (χ4v) is 3.20. The third-order valence-corrected chi connectivity index (χ3v) is 4.60. The minimum absolute atomic E-state index is 0. The molecule has 22 heavy (non-hydrogen) atoms. The van der Waals surface area contributed by atoms with Gasteiger partial charge in [0.05, 0.1) is 5.82 Å². The SMILES string of the molecule is CC1CCC(c2ccc(-c3cc[c-]c(F)c3F)cc2)CC1.[Rb+]. The molecule has 0 atom stereocenters. The molecule has 1 aliphatic carbocycles. The van der Waals surface area contributed by atoms with Crippen molar-refractivity contribution in [1.82, 2.24) is 0 Å². The number of hydrogen-bond donors (Lipinski definition) is 0. The minimum atomic E-state index is -0.919. The second-order valence-electron chi connectivity index (χ2n) is 6.10.